The molecule has 2 atom stereocenters. The zero-order valence-corrected chi connectivity index (χ0v) is 14.6. The topological polar surface area (TPSA) is 88.0 Å². The van der Waals surface area contributed by atoms with Gasteiger partial charge in [0.25, 0.3) is 0 Å². The van der Waals surface area contributed by atoms with Gasteiger partial charge in [-0.2, -0.15) is 0 Å². The van der Waals surface area contributed by atoms with Gasteiger partial charge in [-0.3, -0.25) is 4.79 Å². The predicted molar refractivity (Wildman–Crippen MR) is 97.9 cm³/mol. The fourth-order valence-corrected chi connectivity index (χ4v) is 3.17. The minimum atomic E-state index is -0.632. The molecule has 2 N–H and O–H groups in total. The molecule has 6 heteroatoms. The Kier molecular flexibility index (Phi) is 5.02. The van der Waals surface area contributed by atoms with Gasteiger partial charge in [-0.1, -0.05) is 19.1 Å². The van der Waals surface area contributed by atoms with E-state index in [0.717, 1.165) is 0 Å². The van der Waals surface area contributed by atoms with Crippen molar-refractivity contribution in [2.75, 3.05) is 7.11 Å². The first-order valence-electron chi connectivity index (χ1n) is 8.38. The van der Waals surface area contributed by atoms with Crippen LogP contribution in [0.4, 0.5) is 4.79 Å². The Morgan fingerprint density at radius 2 is 1.96 bits per heavy atom. The molecule has 0 radical (unpaired) electrons. The van der Waals surface area contributed by atoms with Gasteiger partial charge in [0, 0.05) is 11.3 Å². The highest BCUT2D eigenvalue weighted by molar-refractivity contribution is 6.16. The SMILES string of the molecule is CCC1=NC(=O)NC(c2cccc(O)c2)C1C(=O)c1ccc(OC)cc1. The van der Waals surface area contributed by atoms with E-state index < -0.39 is 18.0 Å². The third-order valence-electron chi connectivity index (χ3n) is 4.47. The first-order chi connectivity index (χ1) is 12.5. The molecule has 1 heterocycles. The lowest BCUT2D eigenvalue weighted by molar-refractivity contribution is 0.0932. The van der Waals surface area contributed by atoms with Crippen LogP contribution in [0, 0.1) is 5.92 Å². The van der Waals surface area contributed by atoms with Crippen molar-refractivity contribution in [3.8, 4) is 11.5 Å². The summed E-state index contributed by atoms with van der Waals surface area (Å²) >= 11 is 0. The van der Waals surface area contributed by atoms with Gasteiger partial charge < -0.3 is 15.2 Å². The Bertz CT molecular complexity index is 858. The molecule has 2 aromatic rings. The van der Waals surface area contributed by atoms with Crippen molar-refractivity contribution in [2.45, 2.75) is 19.4 Å². The first kappa shape index (κ1) is 17.7. The maximum atomic E-state index is 13.2. The van der Waals surface area contributed by atoms with E-state index in [2.05, 4.69) is 10.3 Å². The number of Topliss-reactive ketones (excluding diaryl/α,β-unsaturated/α-hetero) is 1. The number of methoxy groups -OCH3 is 1. The molecular formula is C20H20N2O4. The van der Waals surface area contributed by atoms with E-state index in [0.29, 0.717) is 29.0 Å². The number of amides is 2. The van der Waals surface area contributed by atoms with Crippen LogP contribution in [0.25, 0.3) is 0 Å². The smallest absolute Gasteiger partial charge is 0.341 e. The number of aromatic hydroxyl groups is 1. The molecule has 26 heavy (non-hydrogen) atoms. The minimum Gasteiger partial charge on any atom is -0.508 e. The zero-order valence-electron chi connectivity index (χ0n) is 14.6. The van der Waals surface area contributed by atoms with Crippen molar-refractivity contribution in [1.29, 1.82) is 0 Å². The van der Waals surface area contributed by atoms with E-state index in [9.17, 15) is 14.7 Å². The Hall–Kier alpha value is -3.15. The standard InChI is InChI=1S/C20H20N2O4/c1-3-16-17(19(24)12-7-9-15(26-2)10-8-12)18(22-20(25)21-16)13-5-4-6-14(23)11-13/h4-11,17-18,23H,3H2,1-2H3,(H,22,25). The summed E-state index contributed by atoms with van der Waals surface area (Å²) < 4.78 is 5.13. The van der Waals surface area contributed by atoms with Crippen LogP contribution >= 0.6 is 0 Å². The summed E-state index contributed by atoms with van der Waals surface area (Å²) in [5.41, 5.74) is 1.70. The molecule has 3 rings (SSSR count). The normalized spacial score (nSPS) is 19.5. The number of ketones is 1. The van der Waals surface area contributed by atoms with Gasteiger partial charge in [-0.05, 0) is 48.4 Å². The number of benzene rings is 2. The quantitative estimate of drug-likeness (QED) is 0.806. The van der Waals surface area contributed by atoms with E-state index in [-0.39, 0.29) is 11.5 Å². The number of ether oxygens (including phenoxy) is 1. The summed E-state index contributed by atoms with van der Waals surface area (Å²) in [6.07, 6.45) is 0.481. The average molecular weight is 352 g/mol. The number of carbonyl (C=O) groups is 2. The van der Waals surface area contributed by atoms with Gasteiger partial charge >= 0.3 is 6.03 Å². The van der Waals surface area contributed by atoms with Crippen molar-refractivity contribution in [2.24, 2.45) is 10.9 Å². The highest BCUT2D eigenvalue weighted by atomic mass is 16.5. The van der Waals surface area contributed by atoms with Crippen LogP contribution < -0.4 is 10.1 Å². The monoisotopic (exact) mass is 352 g/mol. The number of nitrogens with one attached hydrogen (secondary N) is 1. The van der Waals surface area contributed by atoms with Crippen LogP contribution in [-0.2, 0) is 0 Å². The molecule has 0 saturated carbocycles. The highest BCUT2D eigenvalue weighted by Gasteiger charge is 2.38. The summed E-state index contributed by atoms with van der Waals surface area (Å²) in [5, 5.41) is 12.6. The minimum absolute atomic E-state index is 0.0768. The molecule has 1 aliphatic rings. The Morgan fingerprint density at radius 3 is 2.58 bits per heavy atom. The summed E-state index contributed by atoms with van der Waals surface area (Å²) in [7, 11) is 1.56. The van der Waals surface area contributed by atoms with Crippen molar-refractivity contribution < 1.29 is 19.4 Å². The summed E-state index contributed by atoms with van der Waals surface area (Å²) in [4.78, 5) is 29.2. The highest BCUT2D eigenvalue weighted by Crippen LogP contribution is 2.32. The number of phenols is 1. The molecular weight excluding hydrogens is 332 g/mol. The van der Waals surface area contributed by atoms with Gasteiger partial charge in [0.05, 0.1) is 19.1 Å². The molecule has 0 bridgehead atoms. The van der Waals surface area contributed by atoms with E-state index in [4.69, 9.17) is 4.74 Å². The number of nitrogens with zero attached hydrogens (tertiary/aromatic N) is 1. The molecule has 0 saturated heterocycles. The average Bonchev–Trinajstić information content (AvgIpc) is 2.66. The fourth-order valence-electron chi connectivity index (χ4n) is 3.17. The van der Waals surface area contributed by atoms with Crippen LogP contribution in [0.5, 0.6) is 11.5 Å². The number of hydrogen-bond acceptors (Lipinski definition) is 4. The predicted octanol–water partition coefficient (Wildman–Crippen LogP) is 3.52. The Balaban J connectivity index is 2.03. The van der Waals surface area contributed by atoms with Crippen molar-refractivity contribution in [3.05, 3.63) is 59.7 Å². The van der Waals surface area contributed by atoms with E-state index in [1.54, 1.807) is 55.6 Å². The van der Waals surface area contributed by atoms with E-state index in [1.165, 1.54) is 0 Å². The van der Waals surface area contributed by atoms with Gasteiger partial charge in [0.1, 0.15) is 11.5 Å². The maximum absolute atomic E-state index is 13.2. The summed E-state index contributed by atoms with van der Waals surface area (Å²) in [6.45, 7) is 1.87. The number of aliphatic imine (C=N–C) groups is 1. The van der Waals surface area contributed by atoms with Crippen molar-refractivity contribution >= 4 is 17.5 Å². The molecule has 0 aliphatic carbocycles. The van der Waals surface area contributed by atoms with Crippen LogP contribution in [-0.4, -0.2) is 29.7 Å². The van der Waals surface area contributed by atoms with Crippen LogP contribution in [0.15, 0.2) is 53.5 Å². The number of carbonyl (C=O) groups excluding carboxylic acids is 2. The molecule has 0 fully saturated rings. The third-order valence-corrected chi connectivity index (χ3v) is 4.47. The molecule has 134 valence electrons. The summed E-state index contributed by atoms with van der Waals surface area (Å²) in [5.74, 6) is -0.0325. The van der Waals surface area contributed by atoms with Gasteiger partial charge in [-0.15, -0.1) is 0 Å². The lowest BCUT2D eigenvalue weighted by Gasteiger charge is -2.31. The number of rotatable bonds is 5. The maximum Gasteiger partial charge on any atom is 0.341 e. The van der Waals surface area contributed by atoms with Crippen molar-refractivity contribution in [3.63, 3.8) is 0 Å². The Morgan fingerprint density at radius 1 is 1.23 bits per heavy atom. The molecule has 2 amide bonds. The number of urea groups is 1. The zero-order chi connectivity index (χ0) is 18.7. The second kappa shape index (κ2) is 7.39. The largest absolute Gasteiger partial charge is 0.508 e. The number of phenolic OH excluding ortho intramolecular Hbond substituents is 1. The molecule has 2 aromatic carbocycles. The second-order valence-electron chi connectivity index (χ2n) is 6.05. The molecule has 6 nitrogen and oxygen atoms in total. The lowest BCUT2D eigenvalue weighted by atomic mass is 9.81. The fraction of sp³-hybridized carbons (Fsp3) is 0.250. The molecule has 0 spiro atoms. The first-order valence-corrected chi connectivity index (χ1v) is 8.38. The Labute approximate surface area is 151 Å². The lowest BCUT2D eigenvalue weighted by Crippen LogP contribution is -2.44. The van der Waals surface area contributed by atoms with Gasteiger partial charge in [0.15, 0.2) is 5.78 Å². The molecule has 0 aromatic heterocycles. The second-order valence-corrected chi connectivity index (χ2v) is 6.05. The molecule has 2 unspecified atom stereocenters. The van der Waals surface area contributed by atoms with E-state index in [1.807, 2.05) is 6.92 Å². The summed E-state index contributed by atoms with van der Waals surface area (Å²) in [6, 6.07) is 12.3. The van der Waals surface area contributed by atoms with Crippen molar-refractivity contribution in [1.82, 2.24) is 5.32 Å². The molecule has 1 aliphatic heterocycles. The number of hydrogen-bond donors (Lipinski definition) is 2. The van der Waals surface area contributed by atoms with Crippen LogP contribution in [0.2, 0.25) is 0 Å². The van der Waals surface area contributed by atoms with Gasteiger partial charge in [-0.25, -0.2) is 9.79 Å². The van der Waals surface area contributed by atoms with E-state index >= 15 is 0 Å². The van der Waals surface area contributed by atoms with Crippen LogP contribution in [0.3, 0.4) is 0 Å². The van der Waals surface area contributed by atoms with Crippen LogP contribution in [0.1, 0.15) is 35.3 Å². The third kappa shape index (κ3) is 3.44. The van der Waals surface area contributed by atoms with Gasteiger partial charge in [0.2, 0.25) is 0 Å².